The van der Waals surface area contributed by atoms with Crippen molar-refractivity contribution < 1.29 is 4.92 Å². The summed E-state index contributed by atoms with van der Waals surface area (Å²) in [7, 11) is 0. The van der Waals surface area contributed by atoms with E-state index in [2.05, 4.69) is 0 Å². The second-order valence-electron chi connectivity index (χ2n) is 4.76. The summed E-state index contributed by atoms with van der Waals surface area (Å²) in [4.78, 5) is 11.0. The highest BCUT2D eigenvalue weighted by molar-refractivity contribution is 5.87. The first-order valence-corrected chi connectivity index (χ1v) is 6.64. The Hall–Kier alpha value is -2.94. The van der Waals surface area contributed by atoms with Crippen LogP contribution in [0.5, 0.6) is 0 Å². The first-order valence-electron chi connectivity index (χ1n) is 6.64. The molecule has 3 rings (SSSR count). The Kier molecular flexibility index (Phi) is 3.48. The molecule has 3 nitrogen and oxygen atoms in total. The second kappa shape index (κ2) is 5.59. The van der Waals surface area contributed by atoms with E-state index in [9.17, 15) is 10.1 Å². The Bertz CT molecular complexity index is 823. The average molecular weight is 275 g/mol. The van der Waals surface area contributed by atoms with Gasteiger partial charge in [-0.2, -0.15) is 0 Å². The van der Waals surface area contributed by atoms with Crippen molar-refractivity contribution in [2.75, 3.05) is 0 Å². The molecule has 0 unspecified atom stereocenters. The zero-order valence-corrected chi connectivity index (χ0v) is 11.3. The molecule has 0 fully saturated rings. The minimum absolute atomic E-state index is 0.103. The van der Waals surface area contributed by atoms with Crippen LogP contribution in [0.15, 0.2) is 72.8 Å². The molecule has 21 heavy (non-hydrogen) atoms. The Balaban J connectivity index is 2.09. The van der Waals surface area contributed by atoms with Gasteiger partial charge in [-0.25, -0.2) is 0 Å². The summed E-state index contributed by atoms with van der Waals surface area (Å²) in [6, 6.07) is 22.7. The number of rotatable bonds is 3. The molecule has 0 aliphatic carbocycles. The van der Waals surface area contributed by atoms with Crippen molar-refractivity contribution in [3.05, 3.63) is 94.0 Å². The van der Waals surface area contributed by atoms with Crippen molar-refractivity contribution >= 4 is 22.5 Å². The molecular weight excluding hydrogens is 262 g/mol. The topological polar surface area (TPSA) is 43.1 Å². The SMILES string of the molecule is O=[N+]([O-])C(=Cc1ccc2ccccc2c1)c1ccccc1. The minimum atomic E-state index is -0.343. The third kappa shape index (κ3) is 2.82. The van der Waals surface area contributed by atoms with Crippen molar-refractivity contribution in [1.82, 2.24) is 0 Å². The van der Waals surface area contributed by atoms with Gasteiger partial charge in [0.1, 0.15) is 0 Å². The Labute approximate surface area is 122 Å². The van der Waals surface area contributed by atoms with Crippen LogP contribution in [0.1, 0.15) is 11.1 Å². The number of hydrogen-bond donors (Lipinski definition) is 0. The first-order chi connectivity index (χ1) is 10.2. The molecule has 0 bridgehead atoms. The third-order valence-electron chi connectivity index (χ3n) is 3.34. The number of hydrogen-bond acceptors (Lipinski definition) is 2. The fraction of sp³-hybridized carbons (Fsp3) is 0. The predicted molar refractivity (Wildman–Crippen MR) is 85.3 cm³/mol. The summed E-state index contributed by atoms with van der Waals surface area (Å²) in [5.74, 6) is 0. The van der Waals surface area contributed by atoms with E-state index >= 15 is 0 Å². The third-order valence-corrected chi connectivity index (χ3v) is 3.34. The quantitative estimate of drug-likeness (QED) is 0.398. The zero-order chi connectivity index (χ0) is 14.7. The van der Waals surface area contributed by atoms with Crippen molar-refractivity contribution in [3.63, 3.8) is 0 Å². The van der Waals surface area contributed by atoms with E-state index < -0.39 is 0 Å². The van der Waals surface area contributed by atoms with Crippen LogP contribution in [-0.2, 0) is 0 Å². The molecule has 0 aliphatic rings. The minimum Gasteiger partial charge on any atom is -0.258 e. The van der Waals surface area contributed by atoms with Crippen molar-refractivity contribution in [2.45, 2.75) is 0 Å². The standard InChI is InChI=1S/C18H13NO2/c20-19(21)18(16-7-2-1-3-8-16)13-14-10-11-15-6-4-5-9-17(15)12-14/h1-13H. The van der Waals surface area contributed by atoms with E-state index in [0.717, 1.165) is 16.3 Å². The molecule has 0 saturated carbocycles. The highest BCUT2D eigenvalue weighted by atomic mass is 16.6. The normalized spacial score (nSPS) is 11.5. The van der Waals surface area contributed by atoms with Crippen LogP contribution >= 0.6 is 0 Å². The van der Waals surface area contributed by atoms with Gasteiger partial charge in [-0.15, -0.1) is 0 Å². The van der Waals surface area contributed by atoms with Gasteiger partial charge in [-0.3, -0.25) is 10.1 Å². The number of nitrogens with zero attached hydrogens (tertiary/aromatic N) is 1. The molecule has 0 saturated heterocycles. The van der Waals surface area contributed by atoms with Gasteiger partial charge in [-0.05, 0) is 34.5 Å². The van der Waals surface area contributed by atoms with Crippen LogP contribution < -0.4 is 0 Å². The lowest BCUT2D eigenvalue weighted by Crippen LogP contribution is -1.97. The summed E-state index contributed by atoms with van der Waals surface area (Å²) in [5, 5.41) is 13.5. The maximum absolute atomic E-state index is 11.3. The van der Waals surface area contributed by atoms with E-state index in [0.29, 0.717) is 5.56 Å². The lowest BCUT2D eigenvalue weighted by atomic mass is 10.0. The van der Waals surface area contributed by atoms with Gasteiger partial charge in [0, 0.05) is 6.08 Å². The van der Waals surface area contributed by atoms with Crippen LogP contribution in [-0.4, -0.2) is 4.92 Å². The average Bonchev–Trinajstić information content (AvgIpc) is 2.53. The molecule has 0 radical (unpaired) electrons. The van der Waals surface area contributed by atoms with E-state index in [-0.39, 0.29) is 10.6 Å². The summed E-state index contributed by atoms with van der Waals surface area (Å²) in [6.45, 7) is 0. The van der Waals surface area contributed by atoms with Crippen LogP contribution in [0.4, 0.5) is 0 Å². The van der Waals surface area contributed by atoms with Crippen molar-refractivity contribution in [1.29, 1.82) is 0 Å². The van der Waals surface area contributed by atoms with E-state index in [4.69, 9.17) is 0 Å². The monoisotopic (exact) mass is 275 g/mol. The van der Waals surface area contributed by atoms with Gasteiger partial charge in [0.2, 0.25) is 0 Å². The Morgan fingerprint density at radius 2 is 1.52 bits per heavy atom. The first kappa shape index (κ1) is 13.1. The molecule has 3 aromatic carbocycles. The molecular formula is C18H13NO2. The molecule has 0 heterocycles. The number of nitro groups is 1. The van der Waals surface area contributed by atoms with Gasteiger partial charge in [0.25, 0.3) is 5.70 Å². The summed E-state index contributed by atoms with van der Waals surface area (Å²) in [5.41, 5.74) is 1.53. The van der Waals surface area contributed by atoms with E-state index in [1.54, 1.807) is 30.3 Å². The maximum atomic E-state index is 11.3. The number of fused-ring (bicyclic) bond motifs is 1. The smallest absolute Gasteiger partial charge is 0.258 e. The molecule has 0 amide bonds. The zero-order valence-electron chi connectivity index (χ0n) is 11.3. The van der Waals surface area contributed by atoms with Crippen LogP contribution in [0.2, 0.25) is 0 Å². The van der Waals surface area contributed by atoms with Gasteiger partial charge >= 0.3 is 0 Å². The number of benzene rings is 3. The molecule has 0 aliphatic heterocycles. The second-order valence-corrected chi connectivity index (χ2v) is 4.76. The molecule has 0 spiro atoms. The summed E-state index contributed by atoms with van der Waals surface area (Å²) < 4.78 is 0. The lowest BCUT2D eigenvalue weighted by Gasteiger charge is -2.01. The van der Waals surface area contributed by atoms with Gasteiger partial charge in [-0.1, -0.05) is 54.6 Å². The highest BCUT2D eigenvalue weighted by Crippen LogP contribution is 2.21. The van der Waals surface area contributed by atoms with Crippen LogP contribution in [0, 0.1) is 10.1 Å². The fourth-order valence-electron chi connectivity index (χ4n) is 2.31. The Morgan fingerprint density at radius 3 is 2.24 bits per heavy atom. The maximum Gasteiger partial charge on any atom is 0.277 e. The highest BCUT2D eigenvalue weighted by Gasteiger charge is 2.13. The molecule has 0 aromatic heterocycles. The molecule has 3 heteroatoms. The van der Waals surface area contributed by atoms with Gasteiger partial charge in [0.05, 0.1) is 10.5 Å². The van der Waals surface area contributed by atoms with E-state index in [1.807, 2.05) is 48.5 Å². The molecule has 0 atom stereocenters. The summed E-state index contributed by atoms with van der Waals surface area (Å²) >= 11 is 0. The molecule has 3 aromatic rings. The van der Waals surface area contributed by atoms with Crippen LogP contribution in [0.3, 0.4) is 0 Å². The molecule has 0 N–H and O–H groups in total. The largest absolute Gasteiger partial charge is 0.277 e. The predicted octanol–water partition coefficient (Wildman–Crippen LogP) is 4.61. The molecule has 102 valence electrons. The van der Waals surface area contributed by atoms with Crippen molar-refractivity contribution in [2.24, 2.45) is 0 Å². The van der Waals surface area contributed by atoms with Crippen molar-refractivity contribution in [3.8, 4) is 0 Å². The van der Waals surface area contributed by atoms with E-state index in [1.165, 1.54) is 0 Å². The van der Waals surface area contributed by atoms with Gasteiger partial charge in [0.15, 0.2) is 0 Å². The lowest BCUT2D eigenvalue weighted by molar-refractivity contribution is -0.374. The fourth-order valence-corrected chi connectivity index (χ4v) is 2.31. The summed E-state index contributed by atoms with van der Waals surface area (Å²) in [6.07, 6.45) is 1.61. The van der Waals surface area contributed by atoms with Crippen LogP contribution in [0.25, 0.3) is 22.5 Å². The van der Waals surface area contributed by atoms with Gasteiger partial charge < -0.3 is 0 Å². The Morgan fingerprint density at radius 1 is 0.857 bits per heavy atom.